The molecule has 0 fully saturated rings. The zero-order valence-corrected chi connectivity index (χ0v) is 10.9. The number of benzene rings is 1. The van der Waals surface area contributed by atoms with Crippen molar-refractivity contribution in [3.05, 3.63) is 34.9 Å². The number of thioether (sulfide) groups is 1. The van der Waals surface area contributed by atoms with Crippen LogP contribution in [-0.2, 0) is 6.54 Å². The van der Waals surface area contributed by atoms with E-state index < -0.39 is 0 Å². The molecule has 1 unspecified atom stereocenters. The van der Waals surface area contributed by atoms with Gasteiger partial charge in [-0.15, -0.1) is 0 Å². The molecular weight excluding hydrogens is 226 g/mol. The first kappa shape index (κ1) is 12.9. The predicted molar refractivity (Wildman–Crippen MR) is 70.8 cm³/mol. The smallest absolute Gasteiger partial charge is 0.0409 e. The van der Waals surface area contributed by atoms with E-state index in [1.807, 2.05) is 30.0 Å². The molecule has 1 N–H and O–H groups in total. The molecule has 0 saturated heterocycles. The van der Waals surface area contributed by atoms with E-state index in [2.05, 4.69) is 24.6 Å². The number of hydrogen-bond acceptors (Lipinski definition) is 2. The van der Waals surface area contributed by atoms with Crippen LogP contribution in [0.4, 0.5) is 0 Å². The van der Waals surface area contributed by atoms with Gasteiger partial charge in [-0.25, -0.2) is 0 Å². The van der Waals surface area contributed by atoms with E-state index in [4.69, 9.17) is 11.6 Å². The topological polar surface area (TPSA) is 12.0 Å². The molecule has 1 nitrogen and oxygen atoms in total. The summed E-state index contributed by atoms with van der Waals surface area (Å²) in [7, 11) is 0. The quantitative estimate of drug-likeness (QED) is 0.820. The molecule has 0 heterocycles. The lowest BCUT2D eigenvalue weighted by Gasteiger charge is -2.13. The highest BCUT2D eigenvalue weighted by Gasteiger charge is 2.00. The SMILES string of the molecule is CSCCC(C)NCc1cccc(Cl)c1. The van der Waals surface area contributed by atoms with Crippen LogP contribution < -0.4 is 5.32 Å². The first-order valence-corrected chi connectivity index (χ1v) is 6.96. The van der Waals surface area contributed by atoms with Gasteiger partial charge in [-0.05, 0) is 43.0 Å². The maximum Gasteiger partial charge on any atom is 0.0409 e. The third-order valence-electron chi connectivity index (χ3n) is 2.30. The number of halogens is 1. The Hall–Kier alpha value is -0.180. The van der Waals surface area contributed by atoms with Gasteiger partial charge in [-0.1, -0.05) is 23.7 Å². The highest BCUT2D eigenvalue weighted by molar-refractivity contribution is 7.98. The largest absolute Gasteiger partial charge is 0.310 e. The van der Waals surface area contributed by atoms with Gasteiger partial charge in [0.15, 0.2) is 0 Å². The second-order valence-corrected chi connectivity index (χ2v) is 5.12. The van der Waals surface area contributed by atoms with Gasteiger partial charge < -0.3 is 5.32 Å². The van der Waals surface area contributed by atoms with Crippen LogP contribution in [0.5, 0.6) is 0 Å². The molecule has 0 bridgehead atoms. The molecule has 1 aromatic rings. The van der Waals surface area contributed by atoms with Crippen LogP contribution in [0.2, 0.25) is 5.02 Å². The minimum Gasteiger partial charge on any atom is -0.310 e. The molecular formula is C12H18ClNS. The summed E-state index contributed by atoms with van der Waals surface area (Å²) in [4.78, 5) is 0. The zero-order chi connectivity index (χ0) is 11.1. The summed E-state index contributed by atoms with van der Waals surface area (Å²) in [5.74, 6) is 1.21. The number of hydrogen-bond donors (Lipinski definition) is 1. The van der Waals surface area contributed by atoms with E-state index in [-0.39, 0.29) is 0 Å². The van der Waals surface area contributed by atoms with E-state index in [1.165, 1.54) is 17.7 Å². The molecule has 0 aliphatic carbocycles. The van der Waals surface area contributed by atoms with Crippen molar-refractivity contribution in [2.24, 2.45) is 0 Å². The van der Waals surface area contributed by atoms with Gasteiger partial charge in [-0.3, -0.25) is 0 Å². The third-order valence-corrected chi connectivity index (χ3v) is 3.18. The Morgan fingerprint density at radius 2 is 2.27 bits per heavy atom. The molecule has 0 spiro atoms. The highest BCUT2D eigenvalue weighted by atomic mass is 35.5. The number of rotatable bonds is 6. The molecule has 3 heteroatoms. The molecule has 0 amide bonds. The van der Waals surface area contributed by atoms with Crippen LogP contribution in [0.15, 0.2) is 24.3 Å². The standard InChI is InChI=1S/C12H18ClNS/c1-10(6-7-15-2)14-9-11-4-3-5-12(13)8-11/h3-5,8,10,14H,6-7,9H2,1-2H3. The van der Waals surface area contributed by atoms with Crippen molar-refractivity contribution in [1.29, 1.82) is 0 Å². The summed E-state index contributed by atoms with van der Waals surface area (Å²) >= 11 is 7.81. The summed E-state index contributed by atoms with van der Waals surface area (Å²) in [6.07, 6.45) is 3.35. The first-order valence-electron chi connectivity index (χ1n) is 5.19. The molecule has 0 aromatic heterocycles. The van der Waals surface area contributed by atoms with Crippen LogP contribution in [0.25, 0.3) is 0 Å². The number of nitrogens with one attached hydrogen (secondary N) is 1. The average molecular weight is 244 g/mol. The average Bonchev–Trinajstić information content (AvgIpc) is 2.23. The van der Waals surface area contributed by atoms with Gasteiger partial charge in [0.05, 0.1) is 0 Å². The van der Waals surface area contributed by atoms with E-state index in [9.17, 15) is 0 Å². The summed E-state index contributed by atoms with van der Waals surface area (Å²) in [6.45, 7) is 3.12. The van der Waals surface area contributed by atoms with Crippen molar-refractivity contribution in [1.82, 2.24) is 5.32 Å². The summed E-state index contributed by atoms with van der Waals surface area (Å²) in [5, 5.41) is 4.30. The zero-order valence-electron chi connectivity index (χ0n) is 9.29. The lowest BCUT2D eigenvalue weighted by Crippen LogP contribution is -2.25. The van der Waals surface area contributed by atoms with Crippen LogP contribution in [0.3, 0.4) is 0 Å². The minimum absolute atomic E-state index is 0.566. The Bertz CT molecular complexity index is 291. The summed E-state index contributed by atoms with van der Waals surface area (Å²) in [5.41, 5.74) is 1.25. The Balaban J connectivity index is 2.30. The van der Waals surface area contributed by atoms with Crippen LogP contribution in [-0.4, -0.2) is 18.1 Å². The van der Waals surface area contributed by atoms with Gasteiger partial charge in [0.25, 0.3) is 0 Å². The molecule has 1 aromatic carbocycles. The Labute approximate surface area is 102 Å². The van der Waals surface area contributed by atoms with Crippen LogP contribution in [0.1, 0.15) is 18.9 Å². The normalized spacial score (nSPS) is 12.7. The van der Waals surface area contributed by atoms with Gasteiger partial charge in [0, 0.05) is 17.6 Å². The minimum atomic E-state index is 0.566. The monoisotopic (exact) mass is 243 g/mol. The maximum absolute atomic E-state index is 5.91. The Morgan fingerprint density at radius 3 is 2.93 bits per heavy atom. The molecule has 1 rings (SSSR count). The fourth-order valence-corrected chi connectivity index (χ4v) is 2.14. The third kappa shape index (κ3) is 5.45. The van der Waals surface area contributed by atoms with E-state index in [0.717, 1.165) is 11.6 Å². The van der Waals surface area contributed by atoms with Gasteiger partial charge in [-0.2, -0.15) is 11.8 Å². The van der Waals surface area contributed by atoms with Crippen molar-refractivity contribution in [2.45, 2.75) is 25.9 Å². The molecule has 0 aliphatic rings. The molecule has 84 valence electrons. The summed E-state index contributed by atoms with van der Waals surface area (Å²) < 4.78 is 0. The fraction of sp³-hybridized carbons (Fsp3) is 0.500. The molecule has 1 atom stereocenters. The van der Waals surface area contributed by atoms with E-state index in [0.29, 0.717) is 6.04 Å². The van der Waals surface area contributed by atoms with Gasteiger partial charge in [0.2, 0.25) is 0 Å². The highest BCUT2D eigenvalue weighted by Crippen LogP contribution is 2.10. The lowest BCUT2D eigenvalue weighted by molar-refractivity contribution is 0.537. The van der Waals surface area contributed by atoms with Gasteiger partial charge >= 0.3 is 0 Å². The molecule has 0 aliphatic heterocycles. The van der Waals surface area contributed by atoms with E-state index >= 15 is 0 Å². The van der Waals surface area contributed by atoms with Gasteiger partial charge in [0.1, 0.15) is 0 Å². The second kappa shape index (κ2) is 7.15. The molecule has 0 saturated carbocycles. The first-order chi connectivity index (χ1) is 7.22. The summed E-state index contributed by atoms with van der Waals surface area (Å²) in [6, 6.07) is 8.57. The molecule has 0 radical (unpaired) electrons. The Morgan fingerprint density at radius 1 is 1.47 bits per heavy atom. The van der Waals surface area contributed by atoms with Crippen LogP contribution >= 0.6 is 23.4 Å². The molecule has 15 heavy (non-hydrogen) atoms. The second-order valence-electron chi connectivity index (χ2n) is 3.69. The maximum atomic E-state index is 5.91. The van der Waals surface area contributed by atoms with E-state index in [1.54, 1.807) is 0 Å². The van der Waals surface area contributed by atoms with Crippen molar-refractivity contribution >= 4 is 23.4 Å². The van der Waals surface area contributed by atoms with Crippen molar-refractivity contribution < 1.29 is 0 Å². The van der Waals surface area contributed by atoms with Crippen molar-refractivity contribution in [3.8, 4) is 0 Å². The fourth-order valence-electron chi connectivity index (χ4n) is 1.34. The predicted octanol–water partition coefficient (Wildman–Crippen LogP) is 3.57. The Kier molecular flexibility index (Phi) is 6.15. The van der Waals surface area contributed by atoms with Crippen molar-refractivity contribution in [3.63, 3.8) is 0 Å². The van der Waals surface area contributed by atoms with Crippen molar-refractivity contribution in [2.75, 3.05) is 12.0 Å². The lowest BCUT2D eigenvalue weighted by atomic mass is 10.2. The van der Waals surface area contributed by atoms with Crippen LogP contribution in [0, 0.1) is 0 Å².